The first-order valence-electron chi connectivity index (χ1n) is 16.9. The van der Waals surface area contributed by atoms with Gasteiger partial charge in [0.15, 0.2) is 0 Å². The second-order valence-electron chi connectivity index (χ2n) is 12.7. The first-order chi connectivity index (χ1) is 24.9. The Balaban J connectivity index is 1.11. The molecule has 0 bridgehead atoms. The van der Waals surface area contributed by atoms with Gasteiger partial charge < -0.3 is 26.8 Å². The number of hydrogen-bond acceptors (Lipinski definition) is 5. The van der Waals surface area contributed by atoms with Gasteiger partial charge in [-0.1, -0.05) is 97.6 Å². The van der Waals surface area contributed by atoms with Crippen LogP contribution in [0.5, 0.6) is 0 Å². The predicted molar refractivity (Wildman–Crippen MR) is 218 cm³/mol. The number of nitrogens with two attached hydrogens (primary N) is 2. The third-order valence-corrected chi connectivity index (χ3v) is 10.6. The molecular weight excluding hydrogens is 643 g/mol. The molecule has 0 aliphatic rings. The van der Waals surface area contributed by atoms with Crippen molar-refractivity contribution < 1.29 is 0 Å². The average Bonchev–Trinajstić information content (AvgIpc) is 3.77. The van der Waals surface area contributed by atoms with Crippen molar-refractivity contribution in [2.24, 2.45) is 5.73 Å². The van der Waals surface area contributed by atoms with Gasteiger partial charge in [0.2, 0.25) is 0 Å². The van der Waals surface area contributed by atoms with Crippen molar-refractivity contribution in [1.29, 1.82) is 5.41 Å². The number of rotatable bonds is 10. The Labute approximate surface area is 301 Å². The maximum absolute atomic E-state index is 8.14. The van der Waals surface area contributed by atoms with Crippen LogP contribution in [-0.4, -0.2) is 10.3 Å². The van der Waals surface area contributed by atoms with Crippen molar-refractivity contribution in [1.82, 2.24) is 9.88 Å². The second-order valence-corrected chi connectivity index (χ2v) is 13.8. The van der Waals surface area contributed by atoms with E-state index < -0.39 is 0 Å². The number of benzene rings is 6. The molecule has 6 aromatic carbocycles. The molecular formula is C45H37N5S. The van der Waals surface area contributed by atoms with Crippen LogP contribution in [0.1, 0.15) is 28.4 Å². The van der Waals surface area contributed by atoms with E-state index in [9.17, 15) is 0 Å². The highest BCUT2D eigenvalue weighted by Crippen LogP contribution is 2.38. The minimum Gasteiger partial charge on any atom is -0.399 e. The lowest BCUT2D eigenvalue weighted by Crippen LogP contribution is -2.27. The minimum atomic E-state index is -0.377. The molecule has 248 valence electrons. The quantitative estimate of drug-likeness (QED) is 0.0658. The van der Waals surface area contributed by atoms with Gasteiger partial charge >= 0.3 is 0 Å². The van der Waals surface area contributed by atoms with Crippen molar-refractivity contribution >= 4 is 59.5 Å². The summed E-state index contributed by atoms with van der Waals surface area (Å²) in [6, 6.07) is 48.5. The fourth-order valence-electron chi connectivity index (χ4n) is 6.70. The van der Waals surface area contributed by atoms with E-state index in [0.717, 1.165) is 44.7 Å². The lowest BCUT2D eigenvalue weighted by molar-refractivity contribution is 0.666. The van der Waals surface area contributed by atoms with E-state index in [0.29, 0.717) is 12.1 Å². The summed E-state index contributed by atoms with van der Waals surface area (Å²) in [4.78, 5) is 0. The largest absolute Gasteiger partial charge is 0.399 e. The summed E-state index contributed by atoms with van der Waals surface area (Å²) in [5.74, 6) is 0. The molecule has 8 rings (SSSR count). The Bertz CT molecular complexity index is 2590. The molecule has 6 N–H and O–H groups in total. The van der Waals surface area contributed by atoms with Gasteiger partial charge in [-0.2, -0.15) is 0 Å². The molecule has 51 heavy (non-hydrogen) atoms. The van der Waals surface area contributed by atoms with Crippen LogP contribution in [0.15, 0.2) is 164 Å². The molecule has 0 spiro atoms. The maximum Gasteiger partial charge on any atom is 0.101 e. The van der Waals surface area contributed by atoms with Gasteiger partial charge in [-0.25, -0.2) is 0 Å². The SMILES string of the molecule is C=CC(=N)c1ccc(/C(=C/Cc2cccc(-c3ccc4sc5ccc(-n6ccc7cc(N)ccc76)cc5c4c3)c2)NC(N)c2ccccc2)cc1. The van der Waals surface area contributed by atoms with Crippen LogP contribution in [-0.2, 0) is 6.42 Å². The maximum atomic E-state index is 8.14. The minimum absolute atomic E-state index is 0.377. The third kappa shape index (κ3) is 6.46. The van der Waals surface area contributed by atoms with E-state index in [2.05, 4.69) is 102 Å². The highest BCUT2D eigenvalue weighted by molar-refractivity contribution is 7.25. The van der Waals surface area contributed by atoms with Gasteiger partial charge in [0, 0.05) is 48.8 Å². The zero-order valence-electron chi connectivity index (χ0n) is 28.0. The number of hydrogen-bond donors (Lipinski definition) is 4. The van der Waals surface area contributed by atoms with E-state index in [-0.39, 0.29) is 6.17 Å². The second kappa shape index (κ2) is 13.6. The summed E-state index contributed by atoms with van der Waals surface area (Å²) in [6.45, 7) is 3.74. The summed E-state index contributed by atoms with van der Waals surface area (Å²) >= 11 is 1.83. The van der Waals surface area contributed by atoms with Gasteiger partial charge in [-0.05, 0) is 100 Å². The highest BCUT2D eigenvalue weighted by Gasteiger charge is 2.12. The summed E-state index contributed by atoms with van der Waals surface area (Å²) in [5, 5.41) is 15.3. The van der Waals surface area contributed by atoms with Crippen LogP contribution in [0.3, 0.4) is 0 Å². The molecule has 1 unspecified atom stereocenters. The standard InChI is InChI=1S/C45H37N5S/c1-2-40(47)30-12-14-31(15-13-30)41(49-45(48)32-8-4-3-5-9-32)19-11-29-7-6-10-33(25-29)34-16-21-43-38(27-34)39-28-37(18-22-44(39)51-43)50-24-23-35-26-36(46)17-20-42(35)50/h2-10,12-28,45,47,49H,1,11,46,48H2/b41-19-,47-40?. The summed E-state index contributed by atoms with van der Waals surface area (Å²) in [7, 11) is 0. The van der Waals surface area contributed by atoms with Crippen LogP contribution in [0.2, 0.25) is 0 Å². The number of nitrogen functional groups attached to an aromatic ring is 1. The molecule has 0 aliphatic carbocycles. The Morgan fingerprint density at radius 2 is 1.51 bits per heavy atom. The molecule has 0 aliphatic heterocycles. The number of allylic oxidation sites excluding steroid dienone is 2. The zero-order chi connectivity index (χ0) is 34.9. The van der Waals surface area contributed by atoms with Crippen LogP contribution in [0.25, 0.3) is 53.6 Å². The first-order valence-corrected chi connectivity index (χ1v) is 17.8. The monoisotopic (exact) mass is 679 g/mol. The molecule has 6 heteroatoms. The Kier molecular flexibility index (Phi) is 8.54. The lowest BCUT2D eigenvalue weighted by Gasteiger charge is -2.19. The smallest absolute Gasteiger partial charge is 0.101 e. The number of anilines is 1. The lowest BCUT2D eigenvalue weighted by atomic mass is 9.99. The van der Waals surface area contributed by atoms with Crippen molar-refractivity contribution in [2.45, 2.75) is 12.6 Å². The topological polar surface area (TPSA) is 92.8 Å². The van der Waals surface area contributed by atoms with Crippen LogP contribution >= 0.6 is 11.3 Å². The van der Waals surface area contributed by atoms with E-state index >= 15 is 0 Å². The summed E-state index contributed by atoms with van der Waals surface area (Å²) in [6.07, 6.45) is 6.21. The number of aromatic nitrogens is 1. The van der Waals surface area contributed by atoms with Crippen molar-refractivity contribution in [3.63, 3.8) is 0 Å². The van der Waals surface area contributed by atoms with E-state index in [1.54, 1.807) is 6.08 Å². The van der Waals surface area contributed by atoms with Gasteiger partial charge in [0.1, 0.15) is 6.17 Å². The van der Waals surface area contributed by atoms with Crippen molar-refractivity contribution in [3.8, 4) is 16.8 Å². The molecule has 2 heterocycles. The van der Waals surface area contributed by atoms with Crippen LogP contribution in [0.4, 0.5) is 5.69 Å². The third-order valence-electron chi connectivity index (χ3n) is 9.43. The normalized spacial score (nSPS) is 12.4. The first kappa shape index (κ1) is 32.0. The number of nitrogens with zero attached hydrogens (tertiary/aromatic N) is 1. The molecule has 5 nitrogen and oxygen atoms in total. The van der Waals surface area contributed by atoms with Crippen LogP contribution < -0.4 is 16.8 Å². The predicted octanol–water partition coefficient (Wildman–Crippen LogP) is 10.6. The van der Waals surface area contributed by atoms with Gasteiger partial charge in [-0.15, -0.1) is 11.3 Å². The Morgan fingerprint density at radius 3 is 2.31 bits per heavy atom. The Hall–Kier alpha value is -6.21. The van der Waals surface area contributed by atoms with Gasteiger partial charge in [-0.3, -0.25) is 0 Å². The van der Waals surface area contributed by atoms with Crippen molar-refractivity contribution in [2.75, 3.05) is 5.73 Å². The number of nitrogens with one attached hydrogen (secondary N) is 2. The van der Waals surface area contributed by atoms with E-state index in [4.69, 9.17) is 16.9 Å². The molecule has 8 aromatic rings. The summed E-state index contributed by atoms with van der Waals surface area (Å²) in [5.41, 5.74) is 23.5. The van der Waals surface area contributed by atoms with Crippen molar-refractivity contribution in [3.05, 3.63) is 187 Å². The molecule has 2 aromatic heterocycles. The number of thiophene rings is 1. The van der Waals surface area contributed by atoms with E-state index in [1.807, 2.05) is 78.1 Å². The molecule has 0 amide bonds. The summed E-state index contributed by atoms with van der Waals surface area (Å²) < 4.78 is 4.78. The fraction of sp³-hybridized carbons (Fsp3) is 0.0444. The molecule has 0 saturated heterocycles. The van der Waals surface area contributed by atoms with Gasteiger partial charge in [0.05, 0.1) is 11.2 Å². The number of fused-ring (bicyclic) bond motifs is 4. The van der Waals surface area contributed by atoms with E-state index in [1.165, 1.54) is 36.9 Å². The molecule has 0 saturated carbocycles. The zero-order valence-corrected chi connectivity index (χ0v) is 28.8. The molecule has 0 radical (unpaired) electrons. The Morgan fingerprint density at radius 1 is 0.765 bits per heavy atom. The average molecular weight is 680 g/mol. The molecule has 1 atom stereocenters. The van der Waals surface area contributed by atoms with Gasteiger partial charge in [0.25, 0.3) is 0 Å². The fourth-order valence-corrected chi connectivity index (χ4v) is 7.76. The van der Waals surface area contributed by atoms with Crippen LogP contribution in [0, 0.1) is 5.41 Å². The highest BCUT2D eigenvalue weighted by atomic mass is 32.1. The molecule has 0 fully saturated rings.